The number of rotatable bonds is 3. The molecule has 0 saturated heterocycles. The van der Waals surface area contributed by atoms with Crippen LogP contribution in [-0.2, 0) is 4.74 Å². The molecule has 0 radical (unpaired) electrons. The van der Waals surface area contributed by atoms with Gasteiger partial charge in [0.1, 0.15) is 5.52 Å². The van der Waals surface area contributed by atoms with E-state index in [1.54, 1.807) is 6.92 Å². The molecule has 1 aromatic carbocycles. The number of fused-ring (bicyclic) bond motifs is 1. The van der Waals surface area contributed by atoms with Crippen molar-refractivity contribution in [2.24, 2.45) is 0 Å². The van der Waals surface area contributed by atoms with Crippen molar-refractivity contribution in [2.45, 2.75) is 6.92 Å². The van der Waals surface area contributed by atoms with Crippen molar-refractivity contribution in [3.8, 4) is 0 Å². The molecule has 0 aliphatic heterocycles. The zero-order valence-corrected chi connectivity index (χ0v) is 8.74. The third kappa shape index (κ3) is 1.92. The molecule has 0 unspecified atom stereocenters. The first kappa shape index (κ1) is 11.0. The Bertz CT molecular complexity index is 591. The molecule has 0 atom stereocenters. The Morgan fingerprint density at radius 1 is 1.53 bits per heavy atom. The van der Waals surface area contributed by atoms with E-state index in [2.05, 4.69) is 14.9 Å². The molecule has 2 rings (SSSR count). The SMILES string of the molecule is CCOC(=O)c1cc([N+](=O)[O-])c2nonc2c1. The van der Waals surface area contributed by atoms with Gasteiger partial charge in [-0.1, -0.05) is 0 Å². The first-order chi connectivity index (χ1) is 8.13. The van der Waals surface area contributed by atoms with E-state index >= 15 is 0 Å². The minimum Gasteiger partial charge on any atom is -0.462 e. The van der Waals surface area contributed by atoms with Crippen molar-refractivity contribution >= 4 is 22.7 Å². The largest absolute Gasteiger partial charge is 0.462 e. The Balaban J connectivity index is 2.59. The molecular weight excluding hydrogens is 230 g/mol. The maximum atomic E-state index is 11.5. The standard InChI is InChI=1S/C9H7N3O5/c1-2-16-9(13)5-3-6-8(11-17-10-6)7(4-5)12(14)15/h3-4H,2H2,1H3. The Hall–Kier alpha value is -2.51. The molecule has 0 bridgehead atoms. The molecule has 1 heterocycles. The lowest BCUT2D eigenvalue weighted by Crippen LogP contribution is -2.05. The van der Waals surface area contributed by atoms with Crippen molar-refractivity contribution in [2.75, 3.05) is 6.61 Å². The lowest BCUT2D eigenvalue weighted by Gasteiger charge is -2.00. The highest BCUT2D eigenvalue weighted by molar-refractivity contribution is 5.96. The average Bonchev–Trinajstić information content (AvgIpc) is 2.75. The molecule has 8 nitrogen and oxygen atoms in total. The van der Waals surface area contributed by atoms with Crippen molar-refractivity contribution in [3.63, 3.8) is 0 Å². The Morgan fingerprint density at radius 3 is 2.94 bits per heavy atom. The van der Waals surface area contributed by atoms with Gasteiger partial charge in [0, 0.05) is 6.07 Å². The van der Waals surface area contributed by atoms with Crippen LogP contribution in [0.25, 0.3) is 11.0 Å². The van der Waals surface area contributed by atoms with Crippen LogP contribution in [0, 0.1) is 10.1 Å². The van der Waals surface area contributed by atoms with Crippen molar-refractivity contribution in [1.29, 1.82) is 0 Å². The minimum atomic E-state index is -0.657. The van der Waals surface area contributed by atoms with Crippen molar-refractivity contribution in [3.05, 3.63) is 27.8 Å². The molecular formula is C9H7N3O5. The van der Waals surface area contributed by atoms with Crippen molar-refractivity contribution in [1.82, 2.24) is 10.3 Å². The van der Waals surface area contributed by atoms with Crippen LogP contribution in [-0.4, -0.2) is 27.8 Å². The maximum absolute atomic E-state index is 11.5. The highest BCUT2D eigenvalue weighted by atomic mass is 16.6. The van der Waals surface area contributed by atoms with E-state index in [9.17, 15) is 14.9 Å². The first-order valence-corrected chi connectivity index (χ1v) is 4.71. The van der Waals surface area contributed by atoms with Crippen LogP contribution in [0.3, 0.4) is 0 Å². The number of nitro groups is 1. The summed E-state index contributed by atoms with van der Waals surface area (Å²) in [6, 6.07) is 2.42. The topological polar surface area (TPSA) is 108 Å². The maximum Gasteiger partial charge on any atom is 0.338 e. The molecule has 88 valence electrons. The molecule has 8 heteroatoms. The normalized spacial score (nSPS) is 10.4. The Labute approximate surface area is 94.3 Å². The summed E-state index contributed by atoms with van der Waals surface area (Å²) < 4.78 is 9.14. The lowest BCUT2D eigenvalue weighted by molar-refractivity contribution is -0.383. The second kappa shape index (κ2) is 4.16. The predicted molar refractivity (Wildman–Crippen MR) is 54.4 cm³/mol. The van der Waals surface area contributed by atoms with Gasteiger partial charge in [-0.2, -0.15) is 0 Å². The number of carbonyl (C=O) groups is 1. The average molecular weight is 237 g/mol. The molecule has 2 aromatic rings. The van der Waals surface area contributed by atoms with Gasteiger partial charge in [0.2, 0.25) is 5.52 Å². The van der Waals surface area contributed by atoms with Gasteiger partial charge in [-0.05, 0) is 23.3 Å². The third-order valence-corrected chi connectivity index (χ3v) is 2.05. The fourth-order valence-corrected chi connectivity index (χ4v) is 1.34. The number of ether oxygens (including phenoxy) is 1. The quantitative estimate of drug-likeness (QED) is 0.449. The highest BCUT2D eigenvalue weighted by Gasteiger charge is 2.21. The number of nitro benzene ring substituents is 1. The van der Waals surface area contributed by atoms with Crippen LogP contribution in [0.1, 0.15) is 17.3 Å². The number of nitrogens with zero attached hydrogens (tertiary/aromatic N) is 3. The second-order valence-corrected chi connectivity index (χ2v) is 3.10. The van der Waals surface area contributed by atoms with Gasteiger partial charge in [0.05, 0.1) is 17.1 Å². The summed E-state index contributed by atoms with van der Waals surface area (Å²) >= 11 is 0. The Kier molecular flexibility index (Phi) is 2.69. The summed E-state index contributed by atoms with van der Waals surface area (Å²) in [6.45, 7) is 1.82. The second-order valence-electron chi connectivity index (χ2n) is 3.10. The number of hydrogen-bond acceptors (Lipinski definition) is 7. The zero-order valence-electron chi connectivity index (χ0n) is 8.74. The van der Waals surface area contributed by atoms with Gasteiger partial charge < -0.3 is 4.74 Å². The number of esters is 1. The monoisotopic (exact) mass is 237 g/mol. The molecule has 0 aliphatic rings. The van der Waals surface area contributed by atoms with Crippen LogP contribution in [0.5, 0.6) is 0 Å². The number of benzene rings is 1. The molecule has 0 aliphatic carbocycles. The van der Waals surface area contributed by atoms with Gasteiger partial charge in [0.25, 0.3) is 0 Å². The minimum absolute atomic E-state index is 0.00282. The van der Waals surface area contributed by atoms with E-state index in [4.69, 9.17) is 4.74 Å². The molecule has 0 fully saturated rings. The van der Waals surface area contributed by atoms with E-state index in [0.29, 0.717) is 0 Å². The van der Waals surface area contributed by atoms with E-state index in [-0.39, 0.29) is 28.9 Å². The zero-order chi connectivity index (χ0) is 12.4. The Morgan fingerprint density at radius 2 is 2.29 bits per heavy atom. The number of carbonyl (C=O) groups excluding carboxylic acids is 1. The van der Waals surface area contributed by atoms with Crippen LogP contribution in [0.4, 0.5) is 5.69 Å². The number of aromatic nitrogens is 2. The third-order valence-electron chi connectivity index (χ3n) is 2.05. The van der Waals surface area contributed by atoms with Gasteiger partial charge in [-0.3, -0.25) is 10.1 Å². The fourth-order valence-electron chi connectivity index (χ4n) is 1.34. The highest BCUT2D eigenvalue weighted by Crippen LogP contribution is 2.24. The lowest BCUT2D eigenvalue weighted by atomic mass is 10.1. The van der Waals surface area contributed by atoms with E-state index in [0.717, 1.165) is 6.07 Å². The smallest absolute Gasteiger partial charge is 0.338 e. The summed E-state index contributed by atoms with van der Waals surface area (Å²) in [6.07, 6.45) is 0. The number of non-ortho nitro benzene ring substituents is 1. The molecule has 1 aromatic heterocycles. The summed E-state index contributed by atoms with van der Waals surface area (Å²) in [5, 5.41) is 17.7. The first-order valence-electron chi connectivity index (χ1n) is 4.71. The van der Waals surface area contributed by atoms with Crippen molar-refractivity contribution < 1.29 is 19.1 Å². The van der Waals surface area contributed by atoms with Crippen LogP contribution in [0.15, 0.2) is 16.8 Å². The van der Waals surface area contributed by atoms with Gasteiger partial charge >= 0.3 is 11.7 Å². The number of hydrogen-bond donors (Lipinski definition) is 0. The van der Waals surface area contributed by atoms with Gasteiger partial charge in [-0.15, -0.1) is 0 Å². The fraction of sp³-hybridized carbons (Fsp3) is 0.222. The molecule has 0 spiro atoms. The van der Waals surface area contributed by atoms with Gasteiger partial charge in [0.15, 0.2) is 0 Å². The van der Waals surface area contributed by atoms with E-state index in [1.165, 1.54) is 6.07 Å². The van der Waals surface area contributed by atoms with Crippen LogP contribution in [0.2, 0.25) is 0 Å². The summed E-state index contributed by atoms with van der Waals surface area (Å²) in [5.41, 5.74) is -0.154. The summed E-state index contributed by atoms with van der Waals surface area (Å²) in [5.74, 6) is -0.652. The van der Waals surface area contributed by atoms with E-state index in [1.807, 2.05) is 0 Å². The van der Waals surface area contributed by atoms with E-state index < -0.39 is 10.9 Å². The summed E-state index contributed by atoms with van der Waals surface area (Å²) in [4.78, 5) is 21.6. The molecule has 0 saturated carbocycles. The molecule has 0 amide bonds. The molecule has 17 heavy (non-hydrogen) atoms. The van der Waals surface area contributed by atoms with Gasteiger partial charge in [-0.25, -0.2) is 9.42 Å². The molecule has 0 N–H and O–H groups in total. The van der Waals surface area contributed by atoms with Crippen LogP contribution < -0.4 is 0 Å². The predicted octanol–water partition coefficient (Wildman–Crippen LogP) is 1.31. The van der Waals surface area contributed by atoms with Crippen LogP contribution >= 0.6 is 0 Å². The summed E-state index contributed by atoms with van der Waals surface area (Å²) in [7, 11) is 0.